The number of carbonyl (C=O) groups excluding carboxylic acids is 1. The monoisotopic (exact) mass is 427 g/mol. The molecule has 0 radical (unpaired) electrons. The van der Waals surface area contributed by atoms with E-state index in [1.54, 1.807) is 24.3 Å². The lowest BCUT2D eigenvalue weighted by Crippen LogP contribution is -2.32. The summed E-state index contributed by atoms with van der Waals surface area (Å²) < 4.78 is 1.20. The van der Waals surface area contributed by atoms with Crippen LogP contribution in [0.2, 0.25) is 5.02 Å². The fourth-order valence-electron chi connectivity index (χ4n) is 2.74. The number of thioether (sulfide) groups is 1. The summed E-state index contributed by atoms with van der Waals surface area (Å²) in [5.41, 5.74) is 0.861. The highest BCUT2D eigenvalue weighted by Crippen LogP contribution is 2.20. The molecule has 2 aromatic carbocycles. The molecule has 4 rings (SSSR count). The molecule has 0 saturated carbocycles. The fraction of sp³-hybridized carbons (Fsp3) is 0.0526. The van der Waals surface area contributed by atoms with Gasteiger partial charge in [0.1, 0.15) is 5.82 Å². The van der Waals surface area contributed by atoms with E-state index >= 15 is 0 Å². The molecule has 0 fully saturated rings. The number of rotatable bonds is 5. The molecule has 29 heavy (non-hydrogen) atoms. The molecule has 10 heteroatoms. The minimum Gasteiger partial charge on any atom is -0.333 e. The smallest absolute Gasteiger partial charge is 0.333 e. The van der Waals surface area contributed by atoms with Crippen molar-refractivity contribution >= 4 is 46.1 Å². The van der Waals surface area contributed by atoms with Gasteiger partial charge in [-0.05, 0) is 36.4 Å². The van der Waals surface area contributed by atoms with Crippen molar-refractivity contribution in [2.45, 2.75) is 5.16 Å². The third kappa shape index (κ3) is 4.25. The van der Waals surface area contributed by atoms with Crippen LogP contribution in [0, 0.1) is 0 Å². The van der Waals surface area contributed by atoms with Crippen LogP contribution in [-0.4, -0.2) is 31.2 Å². The predicted octanol–water partition coefficient (Wildman–Crippen LogP) is 2.79. The van der Waals surface area contributed by atoms with Gasteiger partial charge in [-0.2, -0.15) is 0 Å². The van der Waals surface area contributed by atoms with Crippen LogP contribution in [0.1, 0.15) is 0 Å². The summed E-state index contributed by atoms with van der Waals surface area (Å²) in [5.74, 6) is -0.277. The Labute approximate surface area is 172 Å². The Hall–Kier alpha value is -3.30. The molecule has 0 unspecified atom stereocenters. The predicted molar refractivity (Wildman–Crippen MR) is 113 cm³/mol. The number of carbonyl (C=O) groups is 1. The molecule has 2 heterocycles. The zero-order valence-corrected chi connectivity index (χ0v) is 16.4. The average Bonchev–Trinajstić information content (AvgIpc) is 3.10. The number of nitrogens with one attached hydrogen (secondary N) is 3. The number of aromatic amines is 2. The lowest BCUT2D eigenvalue weighted by atomic mass is 10.3. The number of anilines is 1. The number of fused-ring (bicyclic) bond motifs is 1. The van der Waals surface area contributed by atoms with Crippen LogP contribution in [0.3, 0.4) is 0 Å². The summed E-state index contributed by atoms with van der Waals surface area (Å²) >= 11 is 7.11. The molecule has 3 N–H and O–H groups in total. The molecule has 1 amide bonds. The lowest BCUT2D eigenvalue weighted by Gasteiger charge is -2.12. The zero-order chi connectivity index (χ0) is 20.4. The molecule has 0 aliphatic rings. The number of hydrogen-bond acceptors (Lipinski definition) is 5. The summed E-state index contributed by atoms with van der Waals surface area (Å²) in [6.45, 7) is 0. The van der Waals surface area contributed by atoms with E-state index in [0.29, 0.717) is 15.9 Å². The van der Waals surface area contributed by atoms with Gasteiger partial charge in [-0.1, -0.05) is 35.5 Å². The van der Waals surface area contributed by atoms with E-state index in [2.05, 4.69) is 20.3 Å². The van der Waals surface area contributed by atoms with Gasteiger partial charge in [-0.3, -0.25) is 14.6 Å². The molecule has 0 saturated heterocycles. The summed E-state index contributed by atoms with van der Waals surface area (Å²) in [7, 11) is 0. The van der Waals surface area contributed by atoms with Crippen molar-refractivity contribution in [3.63, 3.8) is 0 Å². The van der Waals surface area contributed by atoms with E-state index in [-0.39, 0.29) is 17.5 Å². The number of nitrogens with zero attached hydrogens (tertiary/aromatic N) is 2. The van der Waals surface area contributed by atoms with Gasteiger partial charge in [0.05, 0.1) is 22.5 Å². The van der Waals surface area contributed by atoms with Crippen molar-refractivity contribution in [3.8, 4) is 5.69 Å². The first kappa shape index (κ1) is 19.0. The van der Waals surface area contributed by atoms with Gasteiger partial charge in [-0.25, -0.2) is 14.3 Å². The number of para-hydroxylation sites is 2. The lowest BCUT2D eigenvalue weighted by molar-refractivity contribution is -0.113. The van der Waals surface area contributed by atoms with E-state index in [9.17, 15) is 14.4 Å². The number of benzene rings is 2. The molecule has 0 aliphatic carbocycles. The Kier molecular flexibility index (Phi) is 5.24. The normalized spacial score (nSPS) is 10.9. The SMILES string of the molecule is O=C(CSc1nc2ccccc2[nH]1)Nc1cc(=O)[nH]c(=O)n1-c1ccc(Cl)cc1. The topological polar surface area (TPSA) is 113 Å². The molecule has 0 atom stereocenters. The number of imidazole rings is 1. The van der Waals surface area contributed by atoms with E-state index in [1.807, 2.05) is 24.3 Å². The number of halogens is 1. The highest BCUT2D eigenvalue weighted by molar-refractivity contribution is 7.99. The first-order valence-corrected chi connectivity index (χ1v) is 9.86. The van der Waals surface area contributed by atoms with Gasteiger partial charge in [0.25, 0.3) is 5.56 Å². The zero-order valence-electron chi connectivity index (χ0n) is 14.8. The Balaban J connectivity index is 1.55. The first-order chi connectivity index (χ1) is 14.0. The van der Waals surface area contributed by atoms with Gasteiger partial charge in [0.15, 0.2) is 5.16 Å². The van der Waals surface area contributed by atoms with Crippen molar-refractivity contribution in [2.75, 3.05) is 11.1 Å². The summed E-state index contributed by atoms with van der Waals surface area (Å²) in [6, 6.07) is 15.1. The van der Waals surface area contributed by atoms with Gasteiger partial charge in [0.2, 0.25) is 5.91 Å². The van der Waals surface area contributed by atoms with E-state index < -0.39 is 11.2 Å². The minimum atomic E-state index is -0.667. The largest absolute Gasteiger partial charge is 0.334 e. The average molecular weight is 428 g/mol. The molecule has 0 spiro atoms. The van der Waals surface area contributed by atoms with Crippen LogP contribution < -0.4 is 16.6 Å². The fourth-order valence-corrected chi connectivity index (χ4v) is 3.56. The molecule has 0 aliphatic heterocycles. The number of H-pyrrole nitrogens is 2. The second-order valence-corrected chi connectivity index (χ2v) is 7.43. The van der Waals surface area contributed by atoms with Crippen molar-refractivity contribution in [1.29, 1.82) is 0 Å². The second-order valence-electron chi connectivity index (χ2n) is 6.03. The van der Waals surface area contributed by atoms with Crippen LogP contribution in [0.15, 0.2) is 69.3 Å². The van der Waals surface area contributed by atoms with Crippen molar-refractivity contribution in [2.24, 2.45) is 0 Å². The minimum absolute atomic E-state index is 0.0431. The molecule has 146 valence electrons. The standard InChI is InChI=1S/C19H14ClN5O3S/c20-11-5-7-12(8-6-11)25-15(9-16(26)24-19(25)28)23-17(27)10-29-18-21-13-3-1-2-4-14(13)22-18/h1-9H,10H2,(H,21,22)(H,23,27)(H,24,26,28). The van der Waals surface area contributed by atoms with Crippen LogP contribution >= 0.6 is 23.4 Å². The Bertz CT molecular complexity index is 1280. The van der Waals surface area contributed by atoms with Gasteiger partial charge >= 0.3 is 5.69 Å². The molecule has 8 nitrogen and oxygen atoms in total. The van der Waals surface area contributed by atoms with Crippen molar-refractivity contribution in [1.82, 2.24) is 19.5 Å². The first-order valence-electron chi connectivity index (χ1n) is 8.49. The Morgan fingerprint density at radius 1 is 1.10 bits per heavy atom. The van der Waals surface area contributed by atoms with E-state index in [0.717, 1.165) is 17.1 Å². The van der Waals surface area contributed by atoms with E-state index in [1.165, 1.54) is 16.3 Å². The van der Waals surface area contributed by atoms with Gasteiger partial charge < -0.3 is 10.3 Å². The maximum atomic E-state index is 12.4. The Morgan fingerprint density at radius 2 is 1.86 bits per heavy atom. The number of hydrogen-bond donors (Lipinski definition) is 3. The summed E-state index contributed by atoms with van der Waals surface area (Å²) in [5, 5.41) is 3.72. The third-order valence-corrected chi connectivity index (χ3v) is 5.13. The molecule has 0 bridgehead atoms. The van der Waals surface area contributed by atoms with Gasteiger partial charge in [-0.15, -0.1) is 0 Å². The van der Waals surface area contributed by atoms with Crippen molar-refractivity contribution < 1.29 is 4.79 Å². The van der Waals surface area contributed by atoms with Crippen LogP contribution in [0.25, 0.3) is 16.7 Å². The van der Waals surface area contributed by atoms with E-state index in [4.69, 9.17) is 11.6 Å². The molecule has 4 aromatic rings. The quantitative estimate of drug-likeness (QED) is 0.424. The van der Waals surface area contributed by atoms with Crippen molar-refractivity contribution in [3.05, 3.63) is 80.5 Å². The molecular weight excluding hydrogens is 414 g/mol. The highest BCUT2D eigenvalue weighted by Gasteiger charge is 2.13. The highest BCUT2D eigenvalue weighted by atomic mass is 35.5. The number of amides is 1. The number of aromatic nitrogens is 4. The van der Waals surface area contributed by atoms with Gasteiger partial charge in [0, 0.05) is 11.1 Å². The third-order valence-electron chi connectivity index (χ3n) is 4.00. The van der Waals surface area contributed by atoms with Crippen LogP contribution in [-0.2, 0) is 4.79 Å². The van der Waals surface area contributed by atoms with Crippen LogP contribution in [0.4, 0.5) is 5.82 Å². The maximum Gasteiger partial charge on any atom is 0.334 e. The van der Waals surface area contributed by atoms with Crippen LogP contribution in [0.5, 0.6) is 0 Å². The second kappa shape index (κ2) is 7.98. The maximum absolute atomic E-state index is 12.4. The Morgan fingerprint density at radius 3 is 2.62 bits per heavy atom. The summed E-state index contributed by atoms with van der Waals surface area (Å²) in [4.78, 5) is 46.2. The summed E-state index contributed by atoms with van der Waals surface area (Å²) in [6.07, 6.45) is 0. The molecule has 2 aromatic heterocycles. The molecular formula is C19H14ClN5O3S.